The molecular weight excluding hydrogens is 532 g/mol. The summed E-state index contributed by atoms with van der Waals surface area (Å²) in [6, 6.07) is -0.266. The Labute approximate surface area is 255 Å². The van der Waals surface area contributed by atoms with E-state index >= 15 is 0 Å². The molecule has 9 nitrogen and oxygen atoms in total. The summed E-state index contributed by atoms with van der Waals surface area (Å²) in [4.78, 5) is 55.5. The Balaban J connectivity index is 1.63. The monoisotopic (exact) mass is 592 g/mol. The summed E-state index contributed by atoms with van der Waals surface area (Å²) < 4.78 is 5.99. The van der Waals surface area contributed by atoms with Crippen LogP contribution in [0.15, 0.2) is 0 Å². The summed E-state index contributed by atoms with van der Waals surface area (Å²) in [7, 11) is 0. The van der Waals surface area contributed by atoms with E-state index < -0.39 is 0 Å². The third kappa shape index (κ3) is 9.68. The highest BCUT2D eigenvalue weighted by atomic mass is 16.5. The van der Waals surface area contributed by atoms with E-state index in [9.17, 15) is 19.2 Å². The number of nitrogens with zero attached hydrogens (tertiary/aromatic N) is 4. The summed E-state index contributed by atoms with van der Waals surface area (Å²) in [5, 5.41) is 0. The number of likely N-dealkylation sites (N-methyl/N-ethyl adjacent to an activating group) is 2. The normalized spacial score (nSPS) is 16.6. The zero-order valence-electron chi connectivity index (χ0n) is 27.7. The molecule has 0 bridgehead atoms. The molecule has 0 radical (unpaired) electrons. The van der Waals surface area contributed by atoms with Gasteiger partial charge in [0, 0.05) is 39.4 Å². The van der Waals surface area contributed by atoms with Gasteiger partial charge in [-0.3, -0.25) is 19.4 Å². The van der Waals surface area contributed by atoms with Crippen LogP contribution in [0.5, 0.6) is 0 Å². The number of hydrogen-bond acceptors (Lipinski definition) is 5. The molecule has 6 amide bonds. The van der Waals surface area contributed by atoms with Crippen molar-refractivity contribution in [2.24, 2.45) is 10.8 Å². The minimum Gasteiger partial charge on any atom is -0.381 e. The van der Waals surface area contributed by atoms with Gasteiger partial charge in [-0.25, -0.2) is 9.59 Å². The predicted octanol–water partition coefficient (Wildman–Crippen LogP) is 6.69. The summed E-state index contributed by atoms with van der Waals surface area (Å²) in [6.45, 7) is 17.0. The third-order valence-electron chi connectivity index (χ3n) is 10.5. The summed E-state index contributed by atoms with van der Waals surface area (Å²) >= 11 is 0. The van der Waals surface area contributed by atoms with Crippen molar-refractivity contribution in [3.63, 3.8) is 0 Å². The van der Waals surface area contributed by atoms with Gasteiger partial charge >= 0.3 is 12.1 Å². The smallest absolute Gasteiger partial charge is 0.327 e. The quantitative estimate of drug-likeness (QED) is 0.0973. The maximum absolute atomic E-state index is 12.5. The van der Waals surface area contributed by atoms with Crippen molar-refractivity contribution in [2.45, 2.75) is 125 Å². The highest BCUT2D eigenvalue weighted by molar-refractivity contribution is 6.02. The SMILES string of the molecule is CCN1CC(=O)N(CCCC(CC)(CC)CCCCOCCCCC(CC)(CC)CCN2C(=O)CN(CC)C2=O)C1=O. The lowest BCUT2D eigenvalue weighted by Gasteiger charge is -2.33. The fourth-order valence-corrected chi connectivity index (χ4v) is 6.76. The zero-order chi connectivity index (χ0) is 31.2. The van der Waals surface area contributed by atoms with Crippen molar-refractivity contribution in [3.8, 4) is 0 Å². The maximum Gasteiger partial charge on any atom is 0.327 e. The summed E-state index contributed by atoms with van der Waals surface area (Å²) in [5.41, 5.74) is 0.424. The van der Waals surface area contributed by atoms with Crippen molar-refractivity contribution in [1.82, 2.24) is 19.6 Å². The molecule has 0 spiro atoms. The first kappa shape index (κ1) is 36.0. The van der Waals surface area contributed by atoms with Crippen LogP contribution in [0.25, 0.3) is 0 Å². The molecule has 0 unspecified atom stereocenters. The summed E-state index contributed by atoms with van der Waals surface area (Å²) in [6.07, 6.45) is 13.7. The molecule has 2 rings (SSSR count). The molecule has 2 aliphatic heterocycles. The van der Waals surface area contributed by atoms with Gasteiger partial charge in [0.2, 0.25) is 11.8 Å². The van der Waals surface area contributed by atoms with E-state index in [4.69, 9.17) is 4.74 Å². The third-order valence-corrected chi connectivity index (χ3v) is 10.5. The molecule has 0 aromatic rings. The van der Waals surface area contributed by atoms with E-state index in [1.54, 1.807) is 9.80 Å². The van der Waals surface area contributed by atoms with E-state index in [-0.39, 0.29) is 47.8 Å². The molecule has 2 heterocycles. The fourth-order valence-electron chi connectivity index (χ4n) is 6.76. The van der Waals surface area contributed by atoms with Gasteiger partial charge in [-0.1, -0.05) is 66.2 Å². The number of rotatable bonds is 23. The molecule has 9 heteroatoms. The van der Waals surface area contributed by atoms with Crippen molar-refractivity contribution in [1.29, 1.82) is 0 Å². The van der Waals surface area contributed by atoms with Gasteiger partial charge < -0.3 is 14.5 Å². The number of unbranched alkanes of at least 4 members (excludes halogenated alkanes) is 2. The Kier molecular flexibility index (Phi) is 15.3. The van der Waals surface area contributed by atoms with Crippen molar-refractivity contribution in [3.05, 3.63) is 0 Å². The number of hydrogen-bond donors (Lipinski definition) is 0. The lowest BCUT2D eigenvalue weighted by atomic mass is 9.74. The first-order valence-corrected chi connectivity index (χ1v) is 16.9. The van der Waals surface area contributed by atoms with Crippen LogP contribution in [-0.4, -0.2) is 96.0 Å². The van der Waals surface area contributed by atoms with Crippen LogP contribution in [0, 0.1) is 10.8 Å². The fraction of sp³-hybridized carbons (Fsp3) is 0.879. The number of carbonyl (C=O) groups is 4. The molecule has 2 fully saturated rings. The molecule has 0 atom stereocenters. The Hall–Kier alpha value is -2.16. The first-order chi connectivity index (χ1) is 20.1. The Morgan fingerprint density at radius 3 is 1.36 bits per heavy atom. The van der Waals surface area contributed by atoms with E-state index in [1.807, 2.05) is 13.8 Å². The molecular formula is C33H60N4O5. The van der Waals surface area contributed by atoms with Gasteiger partial charge in [0.15, 0.2) is 0 Å². The van der Waals surface area contributed by atoms with E-state index in [1.165, 1.54) is 9.80 Å². The second-order valence-corrected chi connectivity index (χ2v) is 12.5. The highest BCUT2D eigenvalue weighted by Crippen LogP contribution is 2.38. The van der Waals surface area contributed by atoms with E-state index in [0.717, 1.165) is 96.7 Å². The van der Waals surface area contributed by atoms with Crippen LogP contribution in [0.1, 0.15) is 125 Å². The standard InChI is InChI=1S/C33H60N4O5/c1-7-32(8-2,20-17-22-36-28(38)26-34(11-5)30(36)40)18-13-15-24-42-25-16-14-19-33(9-3,10-4)21-23-37-29(39)27-35(12-6)31(37)41/h7-27H2,1-6H3. The van der Waals surface area contributed by atoms with Crippen LogP contribution >= 0.6 is 0 Å². The average Bonchev–Trinajstić information content (AvgIpc) is 3.44. The molecule has 0 aromatic carbocycles. The van der Waals surface area contributed by atoms with E-state index in [0.29, 0.717) is 26.2 Å². The van der Waals surface area contributed by atoms with Crippen LogP contribution in [0.2, 0.25) is 0 Å². The van der Waals surface area contributed by atoms with E-state index in [2.05, 4.69) is 27.7 Å². The van der Waals surface area contributed by atoms with Gasteiger partial charge in [-0.2, -0.15) is 0 Å². The van der Waals surface area contributed by atoms with Gasteiger partial charge in [0.25, 0.3) is 0 Å². The minimum absolute atomic E-state index is 0.0637. The number of urea groups is 2. The molecule has 0 aliphatic carbocycles. The largest absolute Gasteiger partial charge is 0.381 e. The summed E-state index contributed by atoms with van der Waals surface area (Å²) in [5.74, 6) is -0.129. The zero-order valence-corrected chi connectivity index (χ0v) is 27.7. The number of carbonyl (C=O) groups excluding carboxylic acids is 4. The first-order valence-electron chi connectivity index (χ1n) is 16.9. The van der Waals surface area contributed by atoms with Crippen LogP contribution in [-0.2, 0) is 14.3 Å². The van der Waals surface area contributed by atoms with Crippen LogP contribution < -0.4 is 0 Å². The highest BCUT2D eigenvalue weighted by Gasteiger charge is 2.37. The Bertz CT molecular complexity index is 871. The molecule has 0 saturated carbocycles. The molecule has 42 heavy (non-hydrogen) atoms. The molecule has 2 aliphatic rings. The van der Waals surface area contributed by atoms with Gasteiger partial charge in [-0.05, 0) is 69.6 Å². The van der Waals surface area contributed by atoms with Crippen molar-refractivity contribution >= 4 is 23.9 Å². The minimum atomic E-state index is -0.134. The Morgan fingerprint density at radius 1 is 0.548 bits per heavy atom. The van der Waals surface area contributed by atoms with Gasteiger partial charge in [0.1, 0.15) is 13.1 Å². The predicted molar refractivity (Wildman–Crippen MR) is 167 cm³/mol. The second kappa shape index (κ2) is 17.8. The van der Waals surface area contributed by atoms with Gasteiger partial charge in [0.05, 0.1) is 0 Å². The van der Waals surface area contributed by atoms with Gasteiger partial charge in [-0.15, -0.1) is 0 Å². The lowest BCUT2D eigenvalue weighted by Crippen LogP contribution is -2.36. The van der Waals surface area contributed by atoms with Crippen LogP contribution in [0.3, 0.4) is 0 Å². The number of amides is 6. The molecule has 0 N–H and O–H groups in total. The molecule has 242 valence electrons. The second-order valence-electron chi connectivity index (χ2n) is 12.5. The number of ether oxygens (including phenoxy) is 1. The average molecular weight is 593 g/mol. The van der Waals surface area contributed by atoms with Crippen molar-refractivity contribution < 1.29 is 23.9 Å². The molecule has 2 saturated heterocycles. The van der Waals surface area contributed by atoms with Crippen LogP contribution in [0.4, 0.5) is 9.59 Å². The topological polar surface area (TPSA) is 90.5 Å². The number of imide groups is 2. The van der Waals surface area contributed by atoms with Crippen molar-refractivity contribution in [2.75, 3.05) is 52.5 Å². The maximum atomic E-state index is 12.5. The Morgan fingerprint density at radius 2 is 0.952 bits per heavy atom. The molecule has 0 aromatic heterocycles. The lowest BCUT2D eigenvalue weighted by molar-refractivity contribution is -0.126.